The number of aromatic nitrogens is 2. The Morgan fingerprint density at radius 2 is 1.56 bits per heavy atom. The van der Waals surface area contributed by atoms with E-state index < -0.39 is 11.0 Å². The third kappa shape index (κ3) is 5.83. The zero-order chi connectivity index (χ0) is 26.4. The average molecular weight is 490 g/mol. The van der Waals surface area contributed by atoms with Gasteiger partial charge in [0, 0.05) is 23.6 Å². The standard InChI is InChI=1S/C31H43N3O2/c1-8-24(29(4,5)9-2)21-31(30(6,7)10-3,36-25-19-15-12-16-20-25)28(35)34-26-22-32-27(33-26)23-17-13-11-14-18-23/h11-20,22,24H,8-10,21H2,1-7H3,(H,32,33)(H,34,35). The van der Waals surface area contributed by atoms with Crippen LogP contribution in [0, 0.1) is 16.7 Å². The van der Waals surface area contributed by atoms with Crippen LogP contribution in [0.1, 0.15) is 74.1 Å². The lowest BCUT2D eigenvalue weighted by atomic mass is 9.62. The normalized spacial score (nSPS) is 14.6. The molecule has 0 aliphatic rings. The van der Waals surface area contributed by atoms with Crippen LogP contribution >= 0.6 is 0 Å². The predicted octanol–water partition coefficient (Wildman–Crippen LogP) is 8.12. The van der Waals surface area contributed by atoms with Crippen molar-refractivity contribution in [1.82, 2.24) is 9.97 Å². The summed E-state index contributed by atoms with van der Waals surface area (Å²) >= 11 is 0. The van der Waals surface area contributed by atoms with Crippen molar-refractivity contribution in [2.45, 2.75) is 79.8 Å². The number of carbonyl (C=O) groups excluding carboxylic acids is 1. The van der Waals surface area contributed by atoms with Crippen LogP contribution in [0.15, 0.2) is 66.9 Å². The Kier molecular flexibility index (Phi) is 8.65. The van der Waals surface area contributed by atoms with E-state index in [1.807, 2.05) is 60.7 Å². The zero-order valence-corrected chi connectivity index (χ0v) is 23.0. The number of benzene rings is 2. The van der Waals surface area contributed by atoms with Crippen molar-refractivity contribution in [3.8, 4) is 17.1 Å². The molecule has 5 nitrogen and oxygen atoms in total. The largest absolute Gasteiger partial charge is 0.477 e. The van der Waals surface area contributed by atoms with Crippen molar-refractivity contribution < 1.29 is 9.53 Å². The molecule has 0 fully saturated rings. The first-order valence-electron chi connectivity index (χ1n) is 13.2. The summed E-state index contributed by atoms with van der Waals surface area (Å²) in [5.74, 6) is 2.05. The topological polar surface area (TPSA) is 67.0 Å². The van der Waals surface area contributed by atoms with Crippen LogP contribution in [0.3, 0.4) is 0 Å². The highest BCUT2D eigenvalue weighted by Gasteiger charge is 2.55. The minimum atomic E-state index is -1.10. The Bertz CT molecular complexity index is 1110. The lowest BCUT2D eigenvalue weighted by molar-refractivity contribution is -0.148. The van der Waals surface area contributed by atoms with Crippen LogP contribution in [0.25, 0.3) is 11.4 Å². The number of rotatable bonds is 12. The van der Waals surface area contributed by atoms with Gasteiger partial charge in [0.1, 0.15) is 11.6 Å². The van der Waals surface area contributed by atoms with E-state index in [-0.39, 0.29) is 11.3 Å². The number of hydrogen-bond donors (Lipinski definition) is 2. The molecular weight excluding hydrogens is 446 g/mol. The van der Waals surface area contributed by atoms with Crippen molar-refractivity contribution in [2.75, 3.05) is 5.32 Å². The van der Waals surface area contributed by atoms with Gasteiger partial charge in [0.2, 0.25) is 0 Å². The van der Waals surface area contributed by atoms with Gasteiger partial charge in [0.05, 0.1) is 0 Å². The molecule has 1 heterocycles. The van der Waals surface area contributed by atoms with Crippen molar-refractivity contribution in [2.24, 2.45) is 16.7 Å². The van der Waals surface area contributed by atoms with E-state index in [0.29, 0.717) is 29.7 Å². The van der Waals surface area contributed by atoms with Gasteiger partial charge in [-0.15, -0.1) is 0 Å². The number of imidazole rings is 1. The fourth-order valence-corrected chi connectivity index (χ4v) is 4.83. The van der Waals surface area contributed by atoms with Gasteiger partial charge in [-0.05, 0) is 29.9 Å². The molecule has 2 N–H and O–H groups in total. The first-order chi connectivity index (χ1) is 17.1. The lowest BCUT2D eigenvalue weighted by Crippen LogP contribution is -2.60. The number of nitrogens with one attached hydrogen (secondary N) is 2. The minimum Gasteiger partial charge on any atom is -0.477 e. The molecule has 0 radical (unpaired) electrons. The number of aromatic amines is 1. The fraction of sp³-hybridized carbons (Fsp3) is 0.484. The number of ether oxygens (including phenoxy) is 1. The summed E-state index contributed by atoms with van der Waals surface area (Å²) in [7, 11) is 0. The van der Waals surface area contributed by atoms with Crippen molar-refractivity contribution in [3.63, 3.8) is 0 Å². The fourth-order valence-electron chi connectivity index (χ4n) is 4.83. The highest BCUT2D eigenvalue weighted by molar-refractivity contribution is 5.97. The SMILES string of the molecule is CCC(CC(Oc1ccccc1)(C(=O)Nc1c[nH]c(-c2ccccc2)n1)C(C)(C)CC)C(C)(C)CC. The molecule has 0 spiro atoms. The molecule has 0 saturated heterocycles. The molecule has 36 heavy (non-hydrogen) atoms. The van der Waals surface area contributed by atoms with Gasteiger partial charge in [0.25, 0.3) is 5.91 Å². The average Bonchev–Trinajstić information content (AvgIpc) is 3.35. The summed E-state index contributed by atoms with van der Waals surface area (Å²) in [5.41, 5.74) is -0.503. The maximum Gasteiger partial charge on any atom is 0.270 e. The van der Waals surface area contributed by atoms with Gasteiger partial charge < -0.3 is 15.0 Å². The third-order valence-corrected chi connectivity index (χ3v) is 8.29. The van der Waals surface area contributed by atoms with Crippen molar-refractivity contribution in [1.29, 1.82) is 0 Å². The van der Waals surface area contributed by atoms with Gasteiger partial charge in [-0.1, -0.05) is 110 Å². The number of amides is 1. The molecule has 194 valence electrons. The van der Waals surface area contributed by atoms with Crippen molar-refractivity contribution in [3.05, 3.63) is 66.9 Å². The third-order valence-electron chi connectivity index (χ3n) is 8.29. The molecular formula is C31H43N3O2. The number of nitrogens with zero attached hydrogens (tertiary/aromatic N) is 1. The Balaban J connectivity index is 2.05. The smallest absolute Gasteiger partial charge is 0.270 e. The number of hydrogen-bond acceptors (Lipinski definition) is 3. The molecule has 5 heteroatoms. The van der Waals surface area contributed by atoms with Crippen LogP contribution in [0.5, 0.6) is 5.75 Å². The van der Waals surface area contributed by atoms with Crippen LogP contribution in [-0.2, 0) is 4.79 Å². The molecule has 2 aromatic carbocycles. The van der Waals surface area contributed by atoms with E-state index in [1.165, 1.54) is 0 Å². The highest BCUT2D eigenvalue weighted by atomic mass is 16.5. The van der Waals surface area contributed by atoms with Crippen LogP contribution < -0.4 is 10.1 Å². The summed E-state index contributed by atoms with van der Waals surface area (Å²) < 4.78 is 6.81. The molecule has 1 aromatic heterocycles. The first-order valence-corrected chi connectivity index (χ1v) is 13.2. The predicted molar refractivity (Wildman–Crippen MR) is 149 cm³/mol. The quantitative estimate of drug-likeness (QED) is 0.270. The highest BCUT2D eigenvalue weighted by Crippen LogP contribution is 2.48. The first kappa shape index (κ1) is 27.5. The van der Waals surface area contributed by atoms with Gasteiger partial charge in [-0.25, -0.2) is 4.98 Å². The van der Waals surface area contributed by atoms with Gasteiger partial charge in [-0.2, -0.15) is 0 Å². The molecule has 3 aromatic rings. The maximum atomic E-state index is 14.4. The monoisotopic (exact) mass is 489 g/mol. The number of anilines is 1. The summed E-state index contributed by atoms with van der Waals surface area (Å²) in [6.07, 6.45) is 5.14. The summed E-state index contributed by atoms with van der Waals surface area (Å²) in [5, 5.41) is 3.13. The van der Waals surface area contributed by atoms with E-state index in [4.69, 9.17) is 4.74 Å². The van der Waals surface area contributed by atoms with E-state index in [0.717, 1.165) is 24.8 Å². The molecule has 0 bridgehead atoms. The second-order valence-corrected chi connectivity index (χ2v) is 11.1. The number of carbonyl (C=O) groups is 1. The van der Waals surface area contributed by atoms with E-state index in [9.17, 15) is 4.79 Å². The van der Waals surface area contributed by atoms with Gasteiger partial charge in [0.15, 0.2) is 11.4 Å². The van der Waals surface area contributed by atoms with Crippen LogP contribution in [0.2, 0.25) is 0 Å². The van der Waals surface area contributed by atoms with E-state index in [2.05, 4.69) is 63.8 Å². The molecule has 0 aliphatic heterocycles. The Morgan fingerprint density at radius 3 is 2.11 bits per heavy atom. The second kappa shape index (κ2) is 11.3. The molecule has 3 rings (SSSR count). The molecule has 2 atom stereocenters. The molecule has 2 unspecified atom stereocenters. The van der Waals surface area contributed by atoms with E-state index >= 15 is 0 Å². The molecule has 0 saturated carbocycles. The zero-order valence-electron chi connectivity index (χ0n) is 23.0. The van der Waals surface area contributed by atoms with Crippen molar-refractivity contribution >= 4 is 11.7 Å². The molecule has 0 aliphatic carbocycles. The molecule has 1 amide bonds. The minimum absolute atomic E-state index is 0.0664. The van der Waals surface area contributed by atoms with Crippen LogP contribution in [-0.4, -0.2) is 21.5 Å². The van der Waals surface area contributed by atoms with Gasteiger partial charge in [-0.3, -0.25) is 4.79 Å². The summed E-state index contributed by atoms with van der Waals surface area (Å²) in [6.45, 7) is 15.4. The number of para-hydroxylation sites is 1. The Labute approximate surface area is 217 Å². The second-order valence-electron chi connectivity index (χ2n) is 11.1. The number of H-pyrrole nitrogens is 1. The van der Waals surface area contributed by atoms with Gasteiger partial charge >= 0.3 is 0 Å². The summed E-state index contributed by atoms with van der Waals surface area (Å²) in [4.78, 5) is 22.2. The maximum absolute atomic E-state index is 14.4. The summed E-state index contributed by atoms with van der Waals surface area (Å²) in [6, 6.07) is 19.6. The lowest BCUT2D eigenvalue weighted by Gasteiger charge is -2.48. The Hall–Kier alpha value is -3.08. The van der Waals surface area contributed by atoms with E-state index in [1.54, 1.807) is 6.20 Å². The Morgan fingerprint density at radius 1 is 0.944 bits per heavy atom. The van der Waals surface area contributed by atoms with Crippen LogP contribution in [0.4, 0.5) is 5.82 Å².